The molecular weight excluding hydrogens is 478 g/mol. The molecule has 1 saturated heterocycles. The number of hydrogen-bond acceptors (Lipinski definition) is 7. The molecule has 3 aliphatic carbocycles. The number of rotatable bonds is 7. The minimum atomic E-state index is -1.11. The molecular formula is C29H29N7O2. The van der Waals surface area contributed by atoms with Crippen molar-refractivity contribution in [1.29, 1.82) is 0 Å². The van der Waals surface area contributed by atoms with Crippen molar-refractivity contribution in [2.45, 2.75) is 74.0 Å². The number of ether oxygens (including phenoxy) is 1. The summed E-state index contributed by atoms with van der Waals surface area (Å²) in [6.07, 6.45) is 14.6. The van der Waals surface area contributed by atoms with Gasteiger partial charge >= 0.3 is 0 Å². The second kappa shape index (κ2) is 7.67. The van der Waals surface area contributed by atoms with E-state index in [4.69, 9.17) is 16.9 Å². The molecule has 4 fully saturated rings. The van der Waals surface area contributed by atoms with Crippen LogP contribution in [0.5, 0.6) is 0 Å². The number of aliphatic hydroxyl groups is 1. The van der Waals surface area contributed by atoms with Gasteiger partial charge in [0.05, 0.1) is 17.4 Å². The van der Waals surface area contributed by atoms with Gasteiger partial charge in [0.1, 0.15) is 29.8 Å². The molecule has 4 heterocycles. The highest BCUT2D eigenvalue weighted by Crippen LogP contribution is 2.58. The SMILES string of the molecule is C#CC1(O)CC(c2cccc(-c3cc(-c4ccnn4C4CC4)c4c(N)ncnn34)c2)(C2OC2NC2CC2)C1. The predicted octanol–water partition coefficient (Wildman–Crippen LogP) is 3.05. The second-order valence-electron chi connectivity index (χ2n) is 11.4. The van der Waals surface area contributed by atoms with E-state index in [0.29, 0.717) is 30.7 Å². The maximum atomic E-state index is 10.9. The highest BCUT2D eigenvalue weighted by atomic mass is 16.6. The Labute approximate surface area is 220 Å². The van der Waals surface area contributed by atoms with Gasteiger partial charge in [0.25, 0.3) is 0 Å². The largest absolute Gasteiger partial charge is 0.382 e. The molecule has 0 radical (unpaired) electrons. The van der Waals surface area contributed by atoms with Crippen molar-refractivity contribution in [3.05, 3.63) is 54.5 Å². The van der Waals surface area contributed by atoms with Crippen molar-refractivity contribution >= 4 is 11.3 Å². The van der Waals surface area contributed by atoms with Gasteiger partial charge in [-0.3, -0.25) is 10.00 Å². The van der Waals surface area contributed by atoms with E-state index in [1.807, 2.05) is 16.8 Å². The number of benzene rings is 1. The van der Waals surface area contributed by atoms with E-state index >= 15 is 0 Å². The number of aromatic nitrogens is 5. The fraction of sp³-hybridized carbons (Fsp3) is 0.414. The fourth-order valence-electron chi connectivity index (χ4n) is 6.40. The first kappa shape index (κ1) is 22.3. The summed E-state index contributed by atoms with van der Waals surface area (Å²) in [5, 5.41) is 23.6. The van der Waals surface area contributed by atoms with E-state index in [9.17, 15) is 5.11 Å². The van der Waals surface area contributed by atoms with Crippen LogP contribution >= 0.6 is 0 Å². The van der Waals surface area contributed by atoms with E-state index in [2.05, 4.69) is 61.4 Å². The minimum absolute atomic E-state index is 0.00413. The van der Waals surface area contributed by atoms with Crippen molar-refractivity contribution < 1.29 is 9.84 Å². The Balaban J connectivity index is 1.23. The van der Waals surface area contributed by atoms with Crippen LogP contribution in [-0.4, -0.2) is 53.5 Å². The molecule has 0 spiro atoms. The summed E-state index contributed by atoms with van der Waals surface area (Å²) in [6.45, 7) is 0. The number of terminal acetylenes is 1. The van der Waals surface area contributed by atoms with E-state index in [1.165, 1.54) is 19.2 Å². The van der Waals surface area contributed by atoms with Crippen LogP contribution in [0.15, 0.2) is 48.9 Å². The Bertz CT molecular complexity index is 1620. The topological polar surface area (TPSA) is 119 Å². The van der Waals surface area contributed by atoms with Gasteiger partial charge in [0.15, 0.2) is 5.82 Å². The summed E-state index contributed by atoms with van der Waals surface area (Å²) < 4.78 is 10.1. The van der Waals surface area contributed by atoms with E-state index in [1.54, 1.807) is 0 Å². The average Bonchev–Trinajstić information content (AvgIpc) is 3.86. The van der Waals surface area contributed by atoms with Gasteiger partial charge in [-0.2, -0.15) is 10.2 Å². The summed E-state index contributed by atoms with van der Waals surface area (Å²) in [6, 6.07) is 13.6. The fourth-order valence-corrected chi connectivity index (χ4v) is 6.40. The highest BCUT2D eigenvalue weighted by Gasteiger charge is 2.66. The van der Waals surface area contributed by atoms with Gasteiger partial charge in [0.2, 0.25) is 0 Å². The molecule has 38 heavy (non-hydrogen) atoms. The van der Waals surface area contributed by atoms with Crippen LogP contribution in [0.2, 0.25) is 0 Å². The zero-order valence-corrected chi connectivity index (χ0v) is 20.9. The van der Waals surface area contributed by atoms with Crippen LogP contribution in [0.3, 0.4) is 0 Å². The first-order valence-corrected chi connectivity index (χ1v) is 13.4. The quantitative estimate of drug-likeness (QED) is 0.260. The lowest BCUT2D eigenvalue weighted by Crippen LogP contribution is -2.57. The summed E-state index contributed by atoms with van der Waals surface area (Å²) in [5.41, 5.74) is 10.7. The molecule has 8 rings (SSSR count). The van der Waals surface area contributed by atoms with Crippen LogP contribution in [0.25, 0.3) is 28.0 Å². The molecule has 4 aliphatic rings. The first-order valence-electron chi connectivity index (χ1n) is 13.4. The molecule has 9 heteroatoms. The first-order chi connectivity index (χ1) is 18.5. The van der Waals surface area contributed by atoms with Crippen LogP contribution in [0, 0.1) is 12.3 Å². The van der Waals surface area contributed by atoms with Gasteiger partial charge in [-0.15, -0.1) is 6.42 Å². The lowest BCUT2D eigenvalue weighted by Gasteiger charge is -2.51. The molecule has 0 bridgehead atoms. The van der Waals surface area contributed by atoms with E-state index in [-0.39, 0.29) is 17.7 Å². The smallest absolute Gasteiger partial charge is 0.152 e. The number of hydrogen-bond donors (Lipinski definition) is 3. The van der Waals surface area contributed by atoms with Crippen molar-refractivity contribution in [3.63, 3.8) is 0 Å². The number of nitrogens with zero attached hydrogens (tertiary/aromatic N) is 5. The van der Waals surface area contributed by atoms with Crippen molar-refractivity contribution in [2.75, 3.05) is 5.73 Å². The van der Waals surface area contributed by atoms with Crippen molar-refractivity contribution in [3.8, 4) is 34.9 Å². The van der Waals surface area contributed by atoms with Crippen LogP contribution < -0.4 is 11.1 Å². The summed E-state index contributed by atoms with van der Waals surface area (Å²) >= 11 is 0. The summed E-state index contributed by atoms with van der Waals surface area (Å²) in [7, 11) is 0. The number of nitrogen functional groups attached to an aromatic ring is 1. The Morgan fingerprint density at radius 2 is 1.95 bits per heavy atom. The number of anilines is 1. The molecule has 3 aromatic heterocycles. The summed E-state index contributed by atoms with van der Waals surface area (Å²) in [5.74, 6) is 3.03. The molecule has 3 saturated carbocycles. The molecule has 1 aliphatic heterocycles. The monoisotopic (exact) mass is 507 g/mol. The molecule has 4 N–H and O–H groups in total. The Kier molecular flexibility index (Phi) is 4.50. The number of fused-ring (bicyclic) bond motifs is 1. The van der Waals surface area contributed by atoms with E-state index < -0.39 is 5.60 Å². The standard InChI is InChI=1S/C29H29N7O2/c1-2-28(37)14-29(15-28,25-27(38-25)34-19-6-7-19)18-5-3-4-17(12-18)23-13-21(24-26(30)31-16-33-36(23)24)22-10-11-32-35(22)20-8-9-20/h1,3-5,10-13,16,19-20,25,27,34,37H,6-9,14-15H2,(H2,30,31,33). The number of nitrogens with one attached hydrogen (secondary N) is 1. The lowest BCUT2D eigenvalue weighted by atomic mass is 9.54. The third kappa shape index (κ3) is 3.34. The van der Waals surface area contributed by atoms with Gasteiger partial charge < -0.3 is 15.6 Å². The zero-order chi connectivity index (χ0) is 25.6. The van der Waals surface area contributed by atoms with Gasteiger partial charge in [-0.25, -0.2) is 9.50 Å². The van der Waals surface area contributed by atoms with Crippen molar-refractivity contribution in [1.82, 2.24) is 29.7 Å². The van der Waals surface area contributed by atoms with E-state index in [0.717, 1.165) is 46.4 Å². The van der Waals surface area contributed by atoms with Gasteiger partial charge in [0, 0.05) is 28.8 Å². The highest BCUT2D eigenvalue weighted by molar-refractivity contribution is 5.91. The lowest BCUT2D eigenvalue weighted by molar-refractivity contribution is -0.0539. The molecule has 0 amide bonds. The number of nitrogens with two attached hydrogens (primary N) is 1. The summed E-state index contributed by atoms with van der Waals surface area (Å²) in [4.78, 5) is 4.29. The Morgan fingerprint density at radius 1 is 1.11 bits per heavy atom. The predicted molar refractivity (Wildman–Crippen MR) is 142 cm³/mol. The molecule has 2 atom stereocenters. The van der Waals surface area contributed by atoms with Crippen LogP contribution in [-0.2, 0) is 10.2 Å². The molecule has 4 aromatic rings. The number of epoxide rings is 1. The van der Waals surface area contributed by atoms with Gasteiger partial charge in [-0.1, -0.05) is 24.1 Å². The average molecular weight is 508 g/mol. The second-order valence-corrected chi connectivity index (χ2v) is 11.4. The molecule has 192 valence electrons. The Hall–Kier alpha value is -3.71. The third-order valence-electron chi connectivity index (χ3n) is 8.65. The van der Waals surface area contributed by atoms with Crippen LogP contribution in [0.1, 0.15) is 50.1 Å². The third-order valence-corrected chi connectivity index (χ3v) is 8.65. The maximum Gasteiger partial charge on any atom is 0.152 e. The minimum Gasteiger partial charge on any atom is -0.382 e. The molecule has 9 nitrogen and oxygen atoms in total. The molecule has 2 unspecified atom stereocenters. The van der Waals surface area contributed by atoms with Crippen LogP contribution in [0.4, 0.5) is 5.82 Å². The molecule has 1 aromatic carbocycles. The Morgan fingerprint density at radius 3 is 2.71 bits per heavy atom. The zero-order valence-electron chi connectivity index (χ0n) is 20.9. The van der Waals surface area contributed by atoms with Crippen molar-refractivity contribution in [2.24, 2.45) is 0 Å². The maximum absolute atomic E-state index is 10.9. The van der Waals surface area contributed by atoms with Gasteiger partial charge in [-0.05, 0) is 62.3 Å². The normalized spacial score (nSPS) is 30.2.